The predicted molar refractivity (Wildman–Crippen MR) is 30.1 cm³/mol. The third kappa shape index (κ3) is 1.20. The standard InChI is InChI=1S/C5H9NO2/c1-7-4-5-6-2-3-8-5/h2-4H2,1H3. The molecule has 1 heterocycles. The topological polar surface area (TPSA) is 30.8 Å². The van der Waals surface area contributed by atoms with Gasteiger partial charge in [0.2, 0.25) is 5.90 Å². The summed E-state index contributed by atoms with van der Waals surface area (Å²) in [5.41, 5.74) is 0. The van der Waals surface area contributed by atoms with Crippen LogP contribution >= 0.6 is 0 Å². The molecule has 46 valence electrons. The van der Waals surface area contributed by atoms with Gasteiger partial charge in [-0.2, -0.15) is 0 Å². The fourth-order valence-corrected chi connectivity index (χ4v) is 0.590. The summed E-state index contributed by atoms with van der Waals surface area (Å²) >= 11 is 0. The third-order valence-corrected chi connectivity index (χ3v) is 0.916. The number of ether oxygens (including phenoxy) is 2. The summed E-state index contributed by atoms with van der Waals surface area (Å²) in [4.78, 5) is 3.99. The highest BCUT2D eigenvalue weighted by atomic mass is 16.5. The molecule has 0 saturated heterocycles. The summed E-state index contributed by atoms with van der Waals surface area (Å²) in [6.07, 6.45) is 0. The number of aliphatic imine (C=N–C) groups is 1. The summed E-state index contributed by atoms with van der Waals surface area (Å²) in [7, 11) is 1.63. The molecule has 0 N–H and O–H groups in total. The summed E-state index contributed by atoms with van der Waals surface area (Å²) in [5, 5.41) is 0. The molecule has 1 aliphatic rings. The Hall–Kier alpha value is -0.570. The average molecular weight is 115 g/mol. The van der Waals surface area contributed by atoms with Crippen molar-refractivity contribution in [3.63, 3.8) is 0 Å². The monoisotopic (exact) mass is 115 g/mol. The first kappa shape index (κ1) is 5.56. The molecule has 3 heteroatoms. The van der Waals surface area contributed by atoms with Crippen molar-refractivity contribution in [1.29, 1.82) is 0 Å². The number of methoxy groups -OCH3 is 1. The Balaban J connectivity index is 2.23. The number of nitrogens with zero attached hydrogens (tertiary/aromatic N) is 1. The Morgan fingerprint density at radius 1 is 1.88 bits per heavy atom. The highest BCUT2D eigenvalue weighted by molar-refractivity contribution is 5.78. The molecule has 0 aromatic rings. The fraction of sp³-hybridized carbons (Fsp3) is 0.800. The van der Waals surface area contributed by atoms with Crippen LogP contribution in [-0.4, -0.2) is 32.8 Å². The Bertz CT molecular complexity index is 101. The van der Waals surface area contributed by atoms with Gasteiger partial charge in [-0.05, 0) is 0 Å². The second-order valence-corrected chi connectivity index (χ2v) is 1.56. The van der Waals surface area contributed by atoms with E-state index in [9.17, 15) is 0 Å². The van der Waals surface area contributed by atoms with Crippen molar-refractivity contribution < 1.29 is 9.47 Å². The van der Waals surface area contributed by atoms with E-state index in [1.165, 1.54) is 0 Å². The van der Waals surface area contributed by atoms with Crippen LogP contribution in [0, 0.1) is 0 Å². The van der Waals surface area contributed by atoms with Crippen LogP contribution in [0.15, 0.2) is 4.99 Å². The van der Waals surface area contributed by atoms with Gasteiger partial charge in [-0.15, -0.1) is 0 Å². The number of hydrogen-bond acceptors (Lipinski definition) is 3. The zero-order chi connectivity index (χ0) is 5.82. The van der Waals surface area contributed by atoms with Crippen molar-refractivity contribution in [1.82, 2.24) is 0 Å². The zero-order valence-corrected chi connectivity index (χ0v) is 4.89. The van der Waals surface area contributed by atoms with E-state index < -0.39 is 0 Å². The normalized spacial score (nSPS) is 17.9. The molecule has 0 aromatic carbocycles. The van der Waals surface area contributed by atoms with E-state index in [0.717, 1.165) is 19.0 Å². The number of hydrogen-bond donors (Lipinski definition) is 0. The summed E-state index contributed by atoms with van der Waals surface area (Å²) in [6, 6.07) is 0. The molecule has 3 nitrogen and oxygen atoms in total. The van der Waals surface area contributed by atoms with Gasteiger partial charge in [-0.1, -0.05) is 0 Å². The molecule has 0 aliphatic carbocycles. The summed E-state index contributed by atoms with van der Waals surface area (Å²) < 4.78 is 9.79. The molecule has 1 rings (SSSR count). The van der Waals surface area contributed by atoms with E-state index in [1.54, 1.807) is 7.11 Å². The van der Waals surface area contributed by atoms with Gasteiger partial charge < -0.3 is 9.47 Å². The Kier molecular flexibility index (Phi) is 1.86. The fourth-order valence-electron chi connectivity index (χ4n) is 0.590. The second-order valence-electron chi connectivity index (χ2n) is 1.56. The van der Waals surface area contributed by atoms with Gasteiger partial charge in [0.25, 0.3) is 0 Å². The van der Waals surface area contributed by atoms with Gasteiger partial charge in [-0.3, -0.25) is 4.99 Å². The van der Waals surface area contributed by atoms with Crippen LogP contribution in [0.3, 0.4) is 0 Å². The molecular formula is C5H9NO2. The first-order chi connectivity index (χ1) is 3.93. The molecule has 0 bridgehead atoms. The van der Waals surface area contributed by atoms with Crippen LogP contribution in [0.4, 0.5) is 0 Å². The Labute approximate surface area is 48.3 Å². The van der Waals surface area contributed by atoms with E-state index in [2.05, 4.69) is 4.99 Å². The van der Waals surface area contributed by atoms with Gasteiger partial charge >= 0.3 is 0 Å². The van der Waals surface area contributed by atoms with Gasteiger partial charge in [-0.25, -0.2) is 0 Å². The van der Waals surface area contributed by atoms with E-state index in [4.69, 9.17) is 9.47 Å². The minimum absolute atomic E-state index is 0.514. The maximum Gasteiger partial charge on any atom is 0.210 e. The average Bonchev–Trinajstić information content (AvgIpc) is 2.19. The van der Waals surface area contributed by atoms with Crippen LogP contribution in [0.25, 0.3) is 0 Å². The van der Waals surface area contributed by atoms with Crippen molar-refractivity contribution in [3.05, 3.63) is 0 Å². The van der Waals surface area contributed by atoms with E-state index in [-0.39, 0.29) is 0 Å². The molecule has 0 aromatic heterocycles. The largest absolute Gasteiger partial charge is 0.477 e. The predicted octanol–water partition coefficient (Wildman–Crippen LogP) is 0.0615. The maximum absolute atomic E-state index is 5.02. The lowest BCUT2D eigenvalue weighted by atomic mass is 10.7. The summed E-state index contributed by atoms with van der Waals surface area (Å²) in [6.45, 7) is 2.03. The zero-order valence-electron chi connectivity index (χ0n) is 4.89. The van der Waals surface area contributed by atoms with Crippen molar-refractivity contribution in [3.8, 4) is 0 Å². The van der Waals surface area contributed by atoms with Crippen LogP contribution in [0.2, 0.25) is 0 Å². The third-order valence-electron chi connectivity index (χ3n) is 0.916. The van der Waals surface area contributed by atoms with Gasteiger partial charge in [0.05, 0.1) is 6.54 Å². The van der Waals surface area contributed by atoms with Crippen molar-refractivity contribution >= 4 is 5.90 Å². The van der Waals surface area contributed by atoms with Crippen molar-refractivity contribution in [2.75, 3.05) is 26.9 Å². The highest BCUT2D eigenvalue weighted by Crippen LogP contribution is 1.92. The van der Waals surface area contributed by atoms with Crippen LogP contribution < -0.4 is 0 Å². The van der Waals surface area contributed by atoms with Crippen LogP contribution in [-0.2, 0) is 9.47 Å². The Morgan fingerprint density at radius 3 is 3.25 bits per heavy atom. The van der Waals surface area contributed by atoms with E-state index >= 15 is 0 Å². The van der Waals surface area contributed by atoms with Gasteiger partial charge in [0, 0.05) is 7.11 Å². The van der Waals surface area contributed by atoms with E-state index in [1.807, 2.05) is 0 Å². The first-order valence-corrected chi connectivity index (χ1v) is 2.58. The SMILES string of the molecule is COCC1=NCCO1. The molecule has 0 spiro atoms. The lowest BCUT2D eigenvalue weighted by molar-refractivity contribution is 0.215. The minimum atomic E-state index is 0.514. The smallest absolute Gasteiger partial charge is 0.210 e. The quantitative estimate of drug-likeness (QED) is 0.509. The first-order valence-electron chi connectivity index (χ1n) is 2.58. The van der Waals surface area contributed by atoms with E-state index in [0.29, 0.717) is 6.61 Å². The van der Waals surface area contributed by atoms with Crippen LogP contribution in [0.5, 0.6) is 0 Å². The number of rotatable bonds is 2. The highest BCUT2D eigenvalue weighted by Gasteiger charge is 2.04. The molecule has 8 heavy (non-hydrogen) atoms. The molecule has 0 saturated carbocycles. The molecular weight excluding hydrogens is 106 g/mol. The molecule has 0 amide bonds. The molecule has 0 unspecified atom stereocenters. The summed E-state index contributed by atoms with van der Waals surface area (Å²) in [5.74, 6) is 0.729. The molecule has 0 atom stereocenters. The van der Waals surface area contributed by atoms with Crippen LogP contribution in [0.1, 0.15) is 0 Å². The molecule has 0 radical (unpaired) electrons. The minimum Gasteiger partial charge on any atom is -0.477 e. The Morgan fingerprint density at radius 2 is 2.75 bits per heavy atom. The second kappa shape index (κ2) is 2.67. The van der Waals surface area contributed by atoms with Gasteiger partial charge in [0.1, 0.15) is 13.2 Å². The van der Waals surface area contributed by atoms with Crippen molar-refractivity contribution in [2.24, 2.45) is 4.99 Å². The molecule has 0 fully saturated rings. The molecule has 1 aliphatic heterocycles. The maximum atomic E-state index is 5.02. The lowest BCUT2D eigenvalue weighted by Crippen LogP contribution is -2.06. The van der Waals surface area contributed by atoms with Crippen molar-refractivity contribution in [2.45, 2.75) is 0 Å². The lowest BCUT2D eigenvalue weighted by Gasteiger charge is -1.96. The van der Waals surface area contributed by atoms with Gasteiger partial charge in [0.15, 0.2) is 0 Å².